The fraction of sp³-hybridized carbons (Fsp3) is 0.364. The van der Waals surface area contributed by atoms with Crippen molar-refractivity contribution >= 4 is 5.91 Å². The van der Waals surface area contributed by atoms with Crippen LogP contribution in [0.3, 0.4) is 0 Å². The van der Waals surface area contributed by atoms with E-state index in [1.54, 1.807) is 13.8 Å². The number of hydrogen-bond acceptors (Lipinski definition) is 3. The molecule has 0 spiro atoms. The van der Waals surface area contributed by atoms with Crippen LogP contribution in [0.25, 0.3) is 0 Å². The molecule has 2 N–H and O–H groups in total. The Bertz CT molecular complexity index is 589. The number of H-pyrrole nitrogens is 1. The fourth-order valence-corrected chi connectivity index (χ4v) is 1.25. The van der Waals surface area contributed by atoms with Crippen molar-refractivity contribution in [2.45, 2.75) is 20.4 Å². The van der Waals surface area contributed by atoms with Crippen LogP contribution >= 0.6 is 0 Å². The minimum Gasteiger partial charge on any atom is -0.344 e. The summed E-state index contributed by atoms with van der Waals surface area (Å²) >= 11 is 0. The highest BCUT2D eigenvalue weighted by Gasteiger charge is 2.09. The molecule has 1 aromatic rings. The lowest BCUT2D eigenvalue weighted by atomic mass is 10.2. The summed E-state index contributed by atoms with van der Waals surface area (Å²) in [4.78, 5) is 34.5. The van der Waals surface area contributed by atoms with E-state index in [-0.39, 0.29) is 18.6 Å². The number of hydrogen-bond donors (Lipinski definition) is 2. The van der Waals surface area contributed by atoms with Crippen LogP contribution in [0.2, 0.25) is 0 Å². The van der Waals surface area contributed by atoms with Crippen LogP contribution in [-0.2, 0) is 11.3 Å². The second-order valence-electron chi connectivity index (χ2n) is 3.56. The Morgan fingerprint density at radius 1 is 1.41 bits per heavy atom. The maximum absolute atomic E-state index is 11.7. The Kier molecular flexibility index (Phi) is 3.88. The predicted octanol–water partition coefficient (Wildman–Crippen LogP) is -1.10. The first-order valence-electron chi connectivity index (χ1n) is 4.98. The topological polar surface area (TPSA) is 84.0 Å². The van der Waals surface area contributed by atoms with Gasteiger partial charge in [0.2, 0.25) is 5.91 Å². The summed E-state index contributed by atoms with van der Waals surface area (Å²) in [6, 6.07) is 0. The zero-order valence-corrected chi connectivity index (χ0v) is 9.66. The molecule has 1 aromatic heterocycles. The average Bonchev–Trinajstić information content (AvgIpc) is 2.30. The van der Waals surface area contributed by atoms with Crippen LogP contribution in [0.5, 0.6) is 0 Å². The Hall–Kier alpha value is -2.29. The Morgan fingerprint density at radius 3 is 2.65 bits per heavy atom. The zero-order chi connectivity index (χ0) is 13.0. The monoisotopic (exact) mass is 235 g/mol. The van der Waals surface area contributed by atoms with Gasteiger partial charge in [-0.2, -0.15) is 0 Å². The van der Waals surface area contributed by atoms with E-state index in [0.717, 1.165) is 4.68 Å². The highest BCUT2D eigenvalue weighted by atomic mass is 16.2. The molecule has 0 bridgehead atoms. The summed E-state index contributed by atoms with van der Waals surface area (Å²) in [5.41, 5.74) is -0.0846. The van der Waals surface area contributed by atoms with E-state index in [2.05, 4.69) is 16.3 Å². The van der Waals surface area contributed by atoms with E-state index in [0.29, 0.717) is 11.1 Å². The van der Waals surface area contributed by atoms with Crippen molar-refractivity contribution in [1.82, 2.24) is 15.1 Å². The van der Waals surface area contributed by atoms with Crippen LogP contribution in [0, 0.1) is 26.2 Å². The molecule has 1 rings (SSSR count). The number of rotatable bonds is 3. The highest BCUT2D eigenvalue weighted by molar-refractivity contribution is 5.75. The SMILES string of the molecule is C#CCNC(=O)Cn1[nH]c(=O)c(C)c(C)c1=O. The van der Waals surface area contributed by atoms with E-state index in [1.807, 2.05) is 0 Å². The lowest BCUT2D eigenvalue weighted by molar-refractivity contribution is -0.121. The van der Waals surface area contributed by atoms with Gasteiger partial charge in [0, 0.05) is 11.1 Å². The Labute approximate surface area is 97.6 Å². The van der Waals surface area contributed by atoms with Crippen molar-refractivity contribution in [2.24, 2.45) is 0 Å². The summed E-state index contributed by atoms with van der Waals surface area (Å²) in [5.74, 6) is 1.81. The van der Waals surface area contributed by atoms with E-state index < -0.39 is 11.5 Å². The first-order valence-corrected chi connectivity index (χ1v) is 4.98. The van der Waals surface area contributed by atoms with Gasteiger partial charge in [0.15, 0.2) is 0 Å². The predicted molar refractivity (Wildman–Crippen MR) is 62.6 cm³/mol. The molecular formula is C11H13N3O3. The first kappa shape index (κ1) is 12.8. The molecule has 0 aromatic carbocycles. The smallest absolute Gasteiger partial charge is 0.268 e. The van der Waals surface area contributed by atoms with E-state index in [1.165, 1.54) is 0 Å². The molecule has 0 aliphatic carbocycles. The molecule has 0 saturated heterocycles. The second-order valence-corrected chi connectivity index (χ2v) is 3.56. The zero-order valence-electron chi connectivity index (χ0n) is 9.66. The number of aromatic nitrogens is 2. The number of carbonyl (C=O) groups excluding carboxylic acids is 1. The highest BCUT2D eigenvalue weighted by Crippen LogP contribution is 1.90. The molecule has 90 valence electrons. The van der Waals surface area contributed by atoms with Crippen LogP contribution < -0.4 is 16.4 Å². The molecule has 0 fully saturated rings. The molecule has 0 atom stereocenters. The van der Waals surface area contributed by atoms with Gasteiger partial charge in [-0.1, -0.05) is 5.92 Å². The number of nitrogens with one attached hydrogen (secondary N) is 2. The van der Waals surface area contributed by atoms with E-state index in [4.69, 9.17) is 6.42 Å². The van der Waals surface area contributed by atoms with Gasteiger partial charge in [-0.15, -0.1) is 6.42 Å². The van der Waals surface area contributed by atoms with Gasteiger partial charge in [-0.3, -0.25) is 19.5 Å². The number of amides is 1. The van der Waals surface area contributed by atoms with Gasteiger partial charge >= 0.3 is 0 Å². The van der Waals surface area contributed by atoms with Crippen LogP contribution in [0.1, 0.15) is 11.1 Å². The van der Waals surface area contributed by atoms with Crippen molar-refractivity contribution in [2.75, 3.05) is 6.54 Å². The molecule has 0 saturated carbocycles. The molecular weight excluding hydrogens is 222 g/mol. The third-order valence-corrected chi connectivity index (χ3v) is 2.39. The van der Waals surface area contributed by atoms with Crippen molar-refractivity contribution in [3.05, 3.63) is 31.8 Å². The molecule has 0 radical (unpaired) electrons. The molecule has 17 heavy (non-hydrogen) atoms. The minimum absolute atomic E-state index is 0.0860. The van der Waals surface area contributed by atoms with Crippen LogP contribution in [0.15, 0.2) is 9.59 Å². The van der Waals surface area contributed by atoms with E-state index >= 15 is 0 Å². The third kappa shape index (κ3) is 2.84. The summed E-state index contributed by atoms with van der Waals surface area (Å²) < 4.78 is 0.969. The number of nitrogens with zero attached hydrogens (tertiary/aromatic N) is 1. The van der Waals surface area contributed by atoms with Gasteiger partial charge in [0.1, 0.15) is 6.54 Å². The quantitative estimate of drug-likeness (QED) is 0.652. The van der Waals surface area contributed by atoms with Crippen LogP contribution in [0.4, 0.5) is 0 Å². The lowest BCUT2D eigenvalue weighted by Gasteiger charge is -2.07. The van der Waals surface area contributed by atoms with Crippen LogP contribution in [-0.4, -0.2) is 22.2 Å². The molecule has 6 nitrogen and oxygen atoms in total. The lowest BCUT2D eigenvalue weighted by Crippen LogP contribution is -2.38. The largest absolute Gasteiger partial charge is 0.344 e. The van der Waals surface area contributed by atoms with Gasteiger partial charge in [0.05, 0.1) is 6.54 Å². The normalized spacial score (nSPS) is 9.71. The number of carbonyl (C=O) groups is 1. The molecule has 1 heterocycles. The standard InChI is InChI=1S/C11H13N3O3/c1-4-5-12-9(15)6-14-11(17)8(3)7(2)10(16)13-14/h1H,5-6H2,2-3H3,(H,12,15)(H,13,16). The molecule has 0 aliphatic rings. The summed E-state index contributed by atoms with van der Waals surface area (Å²) in [6.07, 6.45) is 4.98. The minimum atomic E-state index is -0.427. The number of terminal acetylenes is 1. The molecule has 6 heteroatoms. The molecule has 0 aliphatic heterocycles. The van der Waals surface area contributed by atoms with E-state index in [9.17, 15) is 14.4 Å². The van der Waals surface area contributed by atoms with Gasteiger partial charge in [-0.05, 0) is 13.8 Å². The fourth-order valence-electron chi connectivity index (χ4n) is 1.25. The van der Waals surface area contributed by atoms with Crippen molar-refractivity contribution in [1.29, 1.82) is 0 Å². The van der Waals surface area contributed by atoms with Crippen molar-refractivity contribution in [3.8, 4) is 12.3 Å². The summed E-state index contributed by atoms with van der Waals surface area (Å²) in [5, 5.41) is 4.73. The molecule has 1 amide bonds. The van der Waals surface area contributed by atoms with Gasteiger partial charge in [0.25, 0.3) is 11.1 Å². The second kappa shape index (κ2) is 5.16. The Balaban J connectivity index is 3.02. The first-order chi connectivity index (χ1) is 7.97. The summed E-state index contributed by atoms with van der Waals surface area (Å²) in [7, 11) is 0. The average molecular weight is 235 g/mol. The maximum Gasteiger partial charge on any atom is 0.268 e. The summed E-state index contributed by atoms with van der Waals surface area (Å²) in [6.45, 7) is 2.93. The van der Waals surface area contributed by atoms with Gasteiger partial charge < -0.3 is 5.32 Å². The maximum atomic E-state index is 11.7. The van der Waals surface area contributed by atoms with Crippen molar-refractivity contribution in [3.63, 3.8) is 0 Å². The van der Waals surface area contributed by atoms with Gasteiger partial charge in [-0.25, -0.2) is 4.68 Å². The third-order valence-electron chi connectivity index (χ3n) is 2.39. The molecule has 0 unspecified atom stereocenters. The van der Waals surface area contributed by atoms with Crippen molar-refractivity contribution < 1.29 is 4.79 Å². The number of aromatic amines is 1. The Morgan fingerprint density at radius 2 is 2.06 bits per heavy atom.